The van der Waals surface area contributed by atoms with Crippen LogP contribution >= 0.6 is 0 Å². The Kier molecular flexibility index (Phi) is 8.46. The van der Waals surface area contributed by atoms with E-state index in [1.807, 2.05) is 19.0 Å². The van der Waals surface area contributed by atoms with Gasteiger partial charge in [-0.1, -0.05) is 27.7 Å². The van der Waals surface area contributed by atoms with Crippen LogP contribution in [0.15, 0.2) is 11.8 Å². The molecule has 3 aliphatic rings. The highest BCUT2D eigenvalue weighted by Gasteiger charge is 2.62. The summed E-state index contributed by atoms with van der Waals surface area (Å²) in [5, 5.41) is 10.0. The lowest BCUT2D eigenvalue weighted by molar-refractivity contribution is -0.191. The number of esters is 2. The molecule has 0 saturated heterocycles. The second-order valence-corrected chi connectivity index (χ2v) is 13.3. The number of allylic oxidation sites excluding steroid dienone is 1. The van der Waals surface area contributed by atoms with Crippen LogP contribution in [0.4, 0.5) is 0 Å². The van der Waals surface area contributed by atoms with Crippen molar-refractivity contribution in [1.29, 1.82) is 0 Å². The van der Waals surface area contributed by atoms with E-state index in [9.17, 15) is 19.5 Å². The van der Waals surface area contributed by atoms with Crippen molar-refractivity contribution in [3.63, 3.8) is 0 Å². The van der Waals surface area contributed by atoms with E-state index >= 15 is 0 Å². The van der Waals surface area contributed by atoms with Crippen molar-refractivity contribution < 1.29 is 29.0 Å². The molecular weight excluding hydrogens is 458 g/mol. The number of ketones is 1. The Morgan fingerprint density at radius 2 is 1.83 bits per heavy atom. The highest BCUT2D eigenvalue weighted by Crippen LogP contribution is 2.64. The van der Waals surface area contributed by atoms with E-state index < -0.39 is 5.60 Å². The van der Waals surface area contributed by atoms with Crippen molar-refractivity contribution in [3.8, 4) is 0 Å². The molecule has 0 aliphatic heterocycles. The smallest absolute Gasteiger partial charge is 0.311 e. The molecule has 0 bridgehead atoms. The van der Waals surface area contributed by atoms with Crippen LogP contribution in [0.2, 0.25) is 0 Å². The first-order valence-electron chi connectivity index (χ1n) is 13.5. The maximum absolute atomic E-state index is 13.6. The summed E-state index contributed by atoms with van der Waals surface area (Å²) in [6, 6.07) is 0. The molecule has 0 aromatic rings. The fourth-order valence-corrected chi connectivity index (χ4v) is 7.34. The first-order chi connectivity index (χ1) is 16.6. The predicted octanol–water partition coefficient (Wildman–Crippen LogP) is 4.52. The van der Waals surface area contributed by atoms with Crippen LogP contribution in [0.25, 0.3) is 0 Å². The minimum Gasteiger partial charge on any atom is -0.462 e. The number of fused-ring (bicyclic) bond motifs is 3. The van der Waals surface area contributed by atoms with Crippen LogP contribution in [0.1, 0.15) is 86.5 Å². The number of carbonyl (C=O) groups excluding carboxylic acids is 3. The summed E-state index contributed by atoms with van der Waals surface area (Å²) in [4.78, 5) is 40.2. The van der Waals surface area contributed by atoms with Crippen LogP contribution in [0.3, 0.4) is 0 Å². The SMILES string of the molecule is C[C@H]1/C(=C/OC(=O)CCN(C)C)CC[C@H]2[C@H]1C(=O)C[C@H]1C(C)(C)[C@@H](OC(=O)CC(C)(C)O)CC[C@]21C. The van der Waals surface area contributed by atoms with Crippen molar-refractivity contribution in [3.05, 3.63) is 11.8 Å². The lowest BCUT2D eigenvalue weighted by Crippen LogP contribution is -2.60. The van der Waals surface area contributed by atoms with Crippen molar-refractivity contribution in [2.75, 3.05) is 20.6 Å². The van der Waals surface area contributed by atoms with Gasteiger partial charge in [0.05, 0.1) is 24.7 Å². The first-order valence-corrected chi connectivity index (χ1v) is 13.5. The third-order valence-corrected chi connectivity index (χ3v) is 9.35. The first kappa shape index (κ1) is 28.8. The van der Waals surface area contributed by atoms with E-state index in [4.69, 9.17) is 9.47 Å². The molecule has 3 rings (SSSR count). The molecule has 1 N–H and O–H groups in total. The Morgan fingerprint density at radius 3 is 2.44 bits per heavy atom. The van der Waals surface area contributed by atoms with Gasteiger partial charge in [-0.25, -0.2) is 0 Å². The van der Waals surface area contributed by atoms with Crippen LogP contribution in [-0.4, -0.2) is 60.1 Å². The second-order valence-electron chi connectivity index (χ2n) is 13.3. The molecule has 6 atom stereocenters. The van der Waals surface area contributed by atoms with Crippen molar-refractivity contribution in [1.82, 2.24) is 4.90 Å². The Hall–Kier alpha value is -1.73. The number of aliphatic hydroxyl groups is 1. The molecule has 0 amide bonds. The highest BCUT2D eigenvalue weighted by atomic mass is 16.5. The number of rotatable bonds is 7. The molecule has 0 heterocycles. The number of hydrogen-bond donors (Lipinski definition) is 1. The lowest BCUT2D eigenvalue weighted by atomic mass is 9.42. The maximum Gasteiger partial charge on any atom is 0.311 e. The van der Waals surface area contributed by atoms with Gasteiger partial charge in [0.15, 0.2) is 0 Å². The fourth-order valence-electron chi connectivity index (χ4n) is 7.34. The average molecular weight is 506 g/mol. The van der Waals surface area contributed by atoms with E-state index in [1.54, 1.807) is 20.1 Å². The Balaban J connectivity index is 1.74. The number of Topliss-reactive ketones (excluding diaryl/α,β-unsaturated/α-hetero) is 1. The van der Waals surface area contributed by atoms with Gasteiger partial charge in [-0.05, 0) is 82.4 Å². The van der Waals surface area contributed by atoms with Gasteiger partial charge in [0, 0.05) is 24.3 Å². The van der Waals surface area contributed by atoms with Gasteiger partial charge < -0.3 is 19.5 Å². The topological polar surface area (TPSA) is 93.1 Å². The van der Waals surface area contributed by atoms with Gasteiger partial charge in [-0.3, -0.25) is 14.4 Å². The molecule has 204 valence electrons. The minimum absolute atomic E-state index is 0.0244. The maximum atomic E-state index is 13.6. The van der Waals surface area contributed by atoms with Gasteiger partial charge in [0.1, 0.15) is 11.9 Å². The molecule has 3 aliphatic carbocycles. The minimum atomic E-state index is -1.11. The Labute approximate surface area is 217 Å². The normalized spacial score (nSPS) is 35.2. The monoisotopic (exact) mass is 505 g/mol. The number of carbonyl (C=O) groups is 3. The van der Waals surface area contributed by atoms with Crippen molar-refractivity contribution in [2.45, 2.75) is 98.2 Å². The molecule has 36 heavy (non-hydrogen) atoms. The predicted molar refractivity (Wildman–Crippen MR) is 138 cm³/mol. The van der Waals surface area contributed by atoms with Gasteiger partial charge in [0.25, 0.3) is 0 Å². The molecule has 0 unspecified atom stereocenters. The van der Waals surface area contributed by atoms with Crippen molar-refractivity contribution in [2.24, 2.45) is 34.5 Å². The number of hydrogen-bond acceptors (Lipinski definition) is 7. The third kappa shape index (κ3) is 6.04. The summed E-state index contributed by atoms with van der Waals surface area (Å²) in [5.74, 6) is -0.00669. The summed E-state index contributed by atoms with van der Waals surface area (Å²) in [5.41, 5.74) is -0.422. The average Bonchev–Trinajstić information content (AvgIpc) is 2.74. The summed E-state index contributed by atoms with van der Waals surface area (Å²) in [6.07, 6.45) is 5.50. The zero-order valence-corrected chi connectivity index (χ0v) is 23.6. The van der Waals surface area contributed by atoms with Gasteiger partial charge in [-0.2, -0.15) is 0 Å². The molecule has 0 aromatic carbocycles. The van der Waals surface area contributed by atoms with Crippen LogP contribution in [-0.2, 0) is 23.9 Å². The summed E-state index contributed by atoms with van der Waals surface area (Å²) in [7, 11) is 3.85. The number of nitrogens with zero attached hydrogens (tertiary/aromatic N) is 1. The molecule has 3 saturated carbocycles. The van der Waals surface area contributed by atoms with E-state index in [1.165, 1.54) is 0 Å². The van der Waals surface area contributed by atoms with Gasteiger partial charge in [-0.15, -0.1) is 0 Å². The molecule has 0 radical (unpaired) electrons. The molecule has 7 nitrogen and oxygen atoms in total. The summed E-state index contributed by atoms with van der Waals surface area (Å²) >= 11 is 0. The Bertz CT molecular complexity index is 885. The quantitative estimate of drug-likeness (QED) is 0.402. The summed E-state index contributed by atoms with van der Waals surface area (Å²) in [6.45, 7) is 12.6. The van der Waals surface area contributed by atoms with E-state index in [0.29, 0.717) is 19.4 Å². The van der Waals surface area contributed by atoms with Crippen LogP contribution in [0, 0.1) is 34.5 Å². The van der Waals surface area contributed by atoms with E-state index in [2.05, 4.69) is 27.7 Å². The molecular formula is C29H47NO6. The highest BCUT2D eigenvalue weighted by molar-refractivity contribution is 5.84. The molecule has 7 heteroatoms. The third-order valence-electron chi connectivity index (χ3n) is 9.35. The molecule has 0 aromatic heterocycles. The van der Waals surface area contributed by atoms with Crippen LogP contribution < -0.4 is 0 Å². The van der Waals surface area contributed by atoms with Crippen LogP contribution in [0.5, 0.6) is 0 Å². The van der Waals surface area contributed by atoms with E-state index in [0.717, 1.165) is 31.3 Å². The molecule has 3 fully saturated rings. The fraction of sp³-hybridized carbons (Fsp3) is 0.828. The van der Waals surface area contributed by atoms with E-state index in [-0.39, 0.29) is 64.7 Å². The summed E-state index contributed by atoms with van der Waals surface area (Å²) < 4.78 is 11.4. The second kappa shape index (κ2) is 10.6. The van der Waals surface area contributed by atoms with Gasteiger partial charge >= 0.3 is 11.9 Å². The zero-order chi connectivity index (χ0) is 27.1. The van der Waals surface area contributed by atoms with Gasteiger partial charge in [0.2, 0.25) is 0 Å². The Morgan fingerprint density at radius 1 is 1.17 bits per heavy atom. The standard InChI is InChI=1S/C29H47NO6/c1-18-19(17-35-24(32)12-14-30(7)8)9-10-20-26(18)21(31)15-22-28(4,5)23(11-13-29(20,22)6)36-25(33)16-27(2,3)34/h17-18,20,22-23,26,34H,9-16H2,1-8H3/b19-17+/t18-,20-,22-,23-,26-,29+/m0/s1. The largest absolute Gasteiger partial charge is 0.462 e. The molecule has 0 spiro atoms. The van der Waals surface area contributed by atoms with Crippen molar-refractivity contribution >= 4 is 17.7 Å². The zero-order valence-electron chi connectivity index (χ0n) is 23.6. The number of ether oxygens (including phenoxy) is 2. The lowest BCUT2D eigenvalue weighted by Gasteiger charge is -2.62.